The summed E-state index contributed by atoms with van der Waals surface area (Å²) in [5.74, 6) is -2.08. The molecule has 0 saturated carbocycles. The summed E-state index contributed by atoms with van der Waals surface area (Å²) in [5, 5.41) is 11.9. The Bertz CT molecular complexity index is 958. The van der Waals surface area contributed by atoms with Gasteiger partial charge in [-0.05, 0) is 35.1 Å². The standard InChI is InChI=1S/C25H30N2O5/c1-15(2)21(23(28)27(4)16(3)24(29)30)13-26-25(31)32-14-22-19-11-7-5-9-17(19)18-10-6-8-12-20(18)22/h5-12,15-16,21-22H,13-14H2,1-4H3,(H,26,31)(H,29,30). The molecule has 2 aromatic rings. The molecule has 32 heavy (non-hydrogen) atoms. The lowest BCUT2D eigenvalue weighted by Crippen LogP contribution is -2.47. The van der Waals surface area contributed by atoms with Gasteiger partial charge in [-0.15, -0.1) is 0 Å². The number of benzene rings is 2. The number of carboxylic acids is 1. The van der Waals surface area contributed by atoms with Crippen LogP contribution in [-0.4, -0.2) is 54.2 Å². The molecule has 0 bridgehead atoms. The number of ether oxygens (including phenoxy) is 1. The van der Waals surface area contributed by atoms with Crippen LogP contribution in [0.3, 0.4) is 0 Å². The Morgan fingerprint density at radius 3 is 2.03 bits per heavy atom. The molecule has 7 nitrogen and oxygen atoms in total. The second kappa shape index (κ2) is 9.85. The van der Waals surface area contributed by atoms with Crippen molar-refractivity contribution in [3.63, 3.8) is 0 Å². The summed E-state index contributed by atoms with van der Waals surface area (Å²) >= 11 is 0. The van der Waals surface area contributed by atoms with Crippen LogP contribution in [0, 0.1) is 11.8 Å². The van der Waals surface area contributed by atoms with Gasteiger partial charge in [-0.25, -0.2) is 9.59 Å². The number of rotatable bonds is 8. The van der Waals surface area contributed by atoms with Gasteiger partial charge >= 0.3 is 12.1 Å². The molecule has 3 rings (SSSR count). The number of carbonyl (C=O) groups excluding carboxylic acids is 2. The lowest BCUT2D eigenvalue weighted by atomic mass is 9.94. The Balaban J connectivity index is 1.61. The predicted octanol–water partition coefficient (Wildman–Crippen LogP) is 3.73. The van der Waals surface area contributed by atoms with Crippen LogP contribution in [0.1, 0.15) is 37.8 Å². The maximum atomic E-state index is 12.8. The lowest BCUT2D eigenvalue weighted by molar-refractivity contribution is -0.150. The fourth-order valence-electron chi connectivity index (χ4n) is 4.07. The normalized spacial score (nSPS) is 14.3. The van der Waals surface area contributed by atoms with E-state index in [0.29, 0.717) is 0 Å². The topological polar surface area (TPSA) is 95.9 Å². The van der Waals surface area contributed by atoms with Gasteiger partial charge in [0.25, 0.3) is 0 Å². The summed E-state index contributed by atoms with van der Waals surface area (Å²) in [5.41, 5.74) is 4.55. The number of fused-ring (bicyclic) bond motifs is 3. The van der Waals surface area contributed by atoms with E-state index in [9.17, 15) is 14.4 Å². The van der Waals surface area contributed by atoms with Gasteiger partial charge in [0.1, 0.15) is 12.6 Å². The third-order valence-corrected chi connectivity index (χ3v) is 6.22. The predicted molar refractivity (Wildman–Crippen MR) is 121 cm³/mol. The minimum atomic E-state index is -1.08. The minimum Gasteiger partial charge on any atom is -0.480 e. The van der Waals surface area contributed by atoms with E-state index in [1.54, 1.807) is 0 Å². The third-order valence-electron chi connectivity index (χ3n) is 6.22. The van der Waals surface area contributed by atoms with Crippen LogP contribution in [0.25, 0.3) is 11.1 Å². The zero-order valence-corrected chi connectivity index (χ0v) is 18.9. The second-order valence-electron chi connectivity index (χ2n) is 8.52. The second-order valence-corrected chi connectivity index (χ2v) is 8.52. The van der Waals surface area contributed by atoms with Crippen molar-refractivity contribution in [1.29, 1.82) is 0 Å². The summed E-state index contributed by atoms with van der Waals surface area (Å²) < 4.78 is 5.53. The Morgan fingerprint density at radius 2 is 1.53 bits per heavy atom. The number of nitrogens with one attached hydrogen (secondary N) is 1. The maximum absolute atomic E-state index is 12.8. The monoisotopic (exact) mass is 438 g/mol. The Kier molecular flexibility index (Phi) is 7.18. The van der Waals surface area contributed by atoms with Crippen molar-refractivity contribution in [3.05, 3.63) is 59.7 Å². The minimum absolute atomic E-state index is 0.0433. The van der Waals surface area contributed by atoms with E-state index in [1.165, 1.54) is 18.9 Å². The molecule has 0 spiro atoms. The first kappa shape index (κ1) is 23.3. The molecule has 0 radical (unpaired) electrons. The first-order valence-corrected chi connectivity index (χ1v) is 10.8. The summed E-state index contributed by atoms with van der Waals surface area (Å²) in [6.45, 7) is 5.44. The molecule has 7 heteroatoms. The molecule has 2 aromatic carbocycles. The van der Waals surface area contributed by atoms with Gasteiger partial charge in [-0.1, -0.05) is 62.4 Å². The summed E-state index contributed by atoms with van der Waals surface area (Å²) in [7, 11) is 1.46. The van der Waals surface area contributed by atoms with E-state index in [0.717, 1.165) is 22.3 Å². The molecule has 0 saturated heterocycles. The van der Waals surface area contributed by atoms with E-state index in [4.69, 9.17) is 9.84 Å². The van der Waals surface area contributed by atoms with Gasteiger partial charge in [0.2, 0.25) is 5.91 Å². The van der Waals surface area contributed by atoms with Crippen molar-refractivity contribution >= 4 is 18.0 Å². The van der Waals surface area contributed by atoms with Gasteiger partial charge in [0.15, 0.2) is 0 Å². The van der Waals surface area contributed by atoms with Crippen molar-refractivity contribution in [3.8, 4) is 11.1 Å². The smallest absolute Gasteiger partial charge is 0.407 e. The number of hydrogen-bond donors (Lipinski definition) is 2. The molecule has 2 amide bonds. The number of nitrogens with zero attached hydrogens (tertiary/aromatic N) is 1. The highest BCUT2D eigenvalue weighted by Gasteiger charge is 2.31. The van der Waals surface area contributed by atoms with E-state index in [1.807, 2.05) is 50.2 Å². The van der Waals surface area contributed by atoms with Crippen LogP contribution in [0.2, 0.25) is 0 Å². The number of amides is 2. The molecule has 2 atom stereocenters. The molecular weight excluding hydrogens is 408 g/mol. The van der Waals surface area contributed by atoms with Gasteiger partial charge in [0.05, 0.1) is 5.92 Å². The highest BCUT2D eigenvalue weighted by atomic mass is 16.5. The third kappa shape index (κ3) is 4.77. The van der Waals surface area contributed by atoms with E-state index in [-0.39, 0.29) is 30.9 Å². The first-order chi connectivity index (χ1) is 15.2. The molecule has 0 fully saturated rings. The summed E-state index contributed by atoms with van der Waals surface area (Å²) in [4.78, 5) is 37.6. The van der Waals surface area contributed by atoms with Crippen LogP contribution in [0.15, 0.2) is 48.5 Å². The number of alkyl carbamates (subject to hydrolysis) is 1. The van der Waals surface area contributed by atoms with Crippen molar-refractivity contribution in [2.24, 2.45) is 11.8 Å². The highest BCUT2D eigenvalue weighted by Crippen LogP contribution is 2.44. The van der Waals surface area contributed by atoms with Crippen molar-refractivity contribution in [2.75, 3.05) is 20.2 Å². The number of carboxylic acid groups (broad SMARTS) is 1. The Labute approximate surface area is 188 Å². The van der Waals surface area contributed by atoms with Crippen LogP contribution >= 0.6 is 0 Å². The van der Waals surface area contributed by atoms with Gasteiger partial charge in [0, 0.05) is 19.5 Å². The fourth-order valence-corrected chi connectivity index (χ4v) is 4.07. The highest BCUT2D eigenvalue weighted by molar-refractivity contribution is 5.85. The number of carbonyl (C=O) groups is 3. The number of likely N-dealkylation sites (N-methyl/N-ethyl adjacent to an activating group) is 1. The van der Waals surface area contributed by atoms with Gasteiger partial charge in [-0.3, -0.25) is 4.79 Å². The van der Waals surface area contributed by atoms with Gasteiger partial charge < -0.3 is 20.1 Å². The van der Waals surface area contributed by atoms with E-state index in [2.05, 4.69) is 17.4 Å². The van der Waals surface area contributed by atoms with E-state index >= 15 is 0 Å². The fraction of sp³-hybridized carbons (Fsp3) is 0.400. The Morgan fingerprint density at radius 1 is 1.00 bits per heavy atom. The molecule has 1 aliphatic carbocycles. The van der Waals surface area contributed by atoms with Crippen molar-refractivity contribution in [2.45, 2.75) is 32.7 Å². The van der Waals surface area contributed by atoms with E-state index < -0.39 is 24.0 Å². The molecule has 2 unspecified atom stereocenters. The number of hydrogen-bond acceptors (Lipinski definition) is 4. The molecule has 170 valence electrons. The average Bonchev–Trinajstić information content (AvgIpc) is 3.10. The Hall–Kier alpha value is -3.35. The molecule has 2 N–H and O–H groups in total. The number of aliphatic carboxylic acids is 1. The lowest BCUT2D eigenvalue weighted by Gasteiger charge is -2.28. The average molecular weight is 439 g/mol. The zero-order valence-electron chi connectivity index (χ0n) is 18.9. The molecular formula is C25H30N2O5. The van der Waals surface area contributed by atoms with Crippen LogP contribution < -0.4 is 5.32 Å². The largest absolute Gasteiger partial charge is 0.480 e. The zero-order chi connectivity index (χ0) is 23.4. The molecule has 0 aliphatic heterocycles. The van der Waals surface area contributed by atoms with Crippen LogP contribution in [0.5, 0.6) is 0 Å². The van der Waals surface area contributed by atoms with Crippen molar-refractivity contribution in [1.82, 2.24) is 10.2 Å². The van der Waals surface area contributed by atoms with Crippen LogP contribution in [-0.2, 0) is 14.3 Å². The SMILES string of the molecule is CC(C)C(CNC(=O)OCC1c2ccccc2-c2ccccc21)C(=O)N(C)C(C)C(=O)O. The van der Waals surface area contributed by atoms with Gasteiger partial charge in [-0.2, -0.15) is 0 Å². The summed E-state index contributed by atoms with van der Waals surface area (Å²) in [6, 6.07) is 15.2. The van der Waals surface area contributed by atoms with Crippen molar-refractivity contribution < 1.29 is 24.2 Å². The maximum Gasteiger partial charge on any atom is 0.407 e. The summed E-state index contributed by atoms with van der Waals surface area (Å²) in [6.07, 6.45) is -0.598. The molecule has 0 aromatic heterocycles. The molecule has 0 heterocycles. The van der Waals surface area contributed by atoms with Crippen LogP contribution in [0.4, 0.5) is 4.79 Å². The molecule has 1 aliphatic rings. The quantitative estimate of drug-likeness (QED) is 0.655. The first-order valence-electron chi connectivity index (χ1n) is 10.8.